The second kappa shape index (κ2) is 13.8. The number of rotatable bonds is 7. The predicted molar refractivity (Wildman–Crippen MR) is 243 cm³/mol. The molecule has 0 radical (unpaired) electrons. The first-order valence-electron chi connectivity index (χ1n) is 19.3. The summed E-state index contributed by atoms with van der Waals surface area (Å²) in [7, 11) is 0. The number of fused-ring (bicyclic) bond motifs is 6. The van der Waals surface area contributed by atoms with Gasteiger partial charge in [0.2, 0.25) is 0 Å². The lowest BCUT2D eigenvalue weighted by molar-refractivity contribution is 0.670. The lowest BCUT2D eigenvalue weighted by atomic mass is 9.98. The number of benzene rings is 9. The van der Waals surface area contributed by atoms with Crippen molar-refractivity contribution >= 4 is 70.5 Å². The number of furan rings is 1. The van der Waals surface area contributed by atoms with Gasteiger partial charge in [-0.15, -0.1) is 11.3 Å². The molecule has 2 heterocycles. The lowest BCUT2D eigenvalue weighted by Gasteiger charge is -2.26. The Balaban J connectivity index is 1.04. The predicted octanol–water partition coefficient (Wildman–Crippen LogP) is 16.1. The van der Waals surface area contributed by atoms with E-state index in [1.165, 1.54) is 48.0 Å². The van der Waals surface area contributed by atoms with Gasteiger partial charge in [-0.1, -0.05) is 158 Å². The van der Waals surface area contributed by atoms with Crippen LogP contribution in [0.3, 0.4) is 0 Å². The van der Waals surface area contributed by atoms with Crippen molar-refractivity contribution in [2.24, 2.45) is 0 Å². The molecule has 268 valence electrons. The van der Waals surface area contributed by atoms with Gasteiger partial charge in [0.15, 0.2) is 5.58 Å². The monoisotopic (exact) mass is 745 g/mol. The normalized spacial score (nSPS) is 11.5. The van der Waals surface area contributed by atoms with Gasteiger partial charge in [-0.3, -0.25) is 0 Å². The lowest BCUT2D eigenvalue weighted by Crippen LogP contribution is -2.10. The second-order valence-corrected chi connectivity index (χ2v) is 15.6. The molecule has 11 rings (SSSR count). The van der Waals surface area contributed by atoms with Gasteiger partial charge in [0.05, 0.1) is 5.69 Å². The Kier molecular flexibility index (Phi) is 8.04. The molecule has 0 aliphatic heterocycles. The molecule has 0 bridgehead atoms. The van der Waals surface area contributed by atoms with Crippen LogP contribution in [0.4, 0.5) is 17.1 Å². The highest BCUT2D eigenvalue weighted by atomic mass is 32.1. The summed E-state index contributed by atoms with van der Waals surface area (Å²) >= 11 is 1.85. The molecule has 2 nitrogen and oxygen atoms in total. The fraction of sp³-hybridized carbons (Fsp3) is 0. The van der Waals surface area contributed by atoms with Crippen molar-refractivity contribution < 1.29 is 4.42 Å². The van der Waals surface area contributed by atoms with E-state index in [1.54, 1.807) is 0 Å². The minimum atomic E-state index is 0.856. The highest BCUT2D eigenvalue weighted by Gasteiger charge is 2.21. The number of thiophene rings is 1. The minimum Gasteiger partial charge on any atom is -0.453 e. The van der Waals surface area contributed by atoms with Gasteiger partial charge in [-0.2, -0.15) is 0 Å². The summed E-state index contributed by atoms with van der Waals surface area (Å²) in [5, 5.41) is 4.81. The number of nitrogens with zero attached hydrogens (tertiary/aromatic N) is 1. The molecular formula is C54H35NOS. The third kappa shape index (κ3) is 5.88. The molecule has 0 N–H and O–H groups in total. The standard InChI is InChI=1S/C54H35NOS/c1-3-12-36(13-4-1)40-16-9-17-41(34-40)37-24-29-43(30-25-37)55(44-31-26-38(27-32-44)42-28-33-52-49(35-42)46-18-7-8-23-51(46)57-52)50-22-11-21-48-47-20-10-19-45(53(47)56-54(48)50)39-14-5-2-6-15-39/h1-35H. The molecule has 0 saturated carbocycles. The molecular weight excluding hydrogens is 711 g/mol. The zero-order chi connectivity index (χ0) is 37.7. The van der Waals surface area contributed by atoms with E-state index in [-0.39, 0.29) is 0 Å². The van der Waals surface area contributed by atoms with Gasteiger partial charge in [0, 0.05) is 47.9 Å². The van der Waals surface area contributed by atoms with Crippen molar-refractivity contribution in [3.63, 3.8) is 0 Å². The van der Waals surface area contributed by atoms with Gasteiger partial charge < -0.3 is 9.32 Å². The fourth-order valence-electron chi connectivity index (χ4n) is 8.27. The SMILES string of the molecule is c1ccc(-c2cccc(-c3ccc(N(c4ccc(-c5ccc6sc7ccccc7c6c5)cc4)c4cccc5c4oc4c(-c6ccccc6)cccc45)cc3)c2)cc1. The van der Waals surface area contributed by atoms with Crippen LogP contribution >= 0.6 is 11.3 Å². The van der Waals surface area contributed by atoms with Crippen LogP contribution in [-0.4, -0.2) is 0 Å². The second-order valence-electron chi connectivity index (χ2n) is 14.5. The summed E-state index contributed by atoms with van der Waals surface area (Å²) in [6.07, 6.45) is 0. The third-order valence-corrected chi connectivity index (χ3v) is 12.2. The first kappa shape index (κ1) is 33.2. The van der Waals surface area contributed by atoms with Crippen LogP contribution in [-0.2, 0) is 0 Å². The zero-order valence-corrected chi connectivity index (χ0v) is 31.8. The summed E-state index contributed by atoms with van der Waals surface area (Å²) in [5.41, 5.74) is 14.2. The van der Waals surface area contributed by atoms with Crippen LogP contribution < -0.4 is 4.90 Å². The average molecular weight is 746 g/mol. The molecule has 0 saturated heterocycles. The Morgan fingerprint density at radius 1 is 0.316 bits per heavy atom. The molecule has 2 aromatic heterocycles. The molecule has 57 heavy (non-hydrogen) atoms. The topological polar surface area (TPSA) is 16.4 Å². The molecule has 0 aliphatic rings. The maximum absolute atomic E-state index is 6.96. The largest absolute Gasteiger partial charge is 0.453 e. The molecule has 0 fully saturated rings. The van der Waals surface area contributed by atoms with Crippen LogP contribution in [0, 0.1) is 0 Å². The maximum atomic E-state index is 6.96. The molecule has 9 aromatic carbocycles. The van der Waals surface area contributed by atoms with Crippen LogP contribution in [0.5, 0.6) is 0 Å². The molecule has 0 amide bonds. The van der Waals surface area contributed by atoms with Crippen molar-refractivity contribution in [2.45, 2.75) is 0 Å². The number of hydrogen-bond donors (Lipinski definition) is 0. The van der Waals surface area contributed by atoms with E-state index in [0.717, 1.165) is 55.7 Å². The molecule has 11 aromatic rings. The van der Waals surface area contributed by atoms with Crippen molar-refractivity contribution in [2.75, 3.05) is 4.90 Å². The minimum absolute atomic E-state index is 0.856. The number of hydrogen-bond acceptors (Lipinski definition) is 3. The highest BCUT2D eigenvalue weighted by Crippen LogP contribution is 2.45. The van der Waals surface area contributed by atoms with Crippen LogP contribution in [0.15, 0.2) is 217 Å². The van der Waals surface area contributed by atoms with Crippen LogP contribution in [0.25, 0.3) is 86.6 Å². The molecule has 0 unspecified atom stereocenters. The van der Waals surface area contributed by atoms with E-state index in [1.807, 2.05) is 11.3 Å². The summed E-state index contributed by atoms with van der Waals surface area (Å²) in [6, 6.07) is 76.2. The summed E-state index contributed by atoms with van der Waals surface area (Å²) in [4.78, 5) is 2.33. The summed E-state index contributed by atoms with van der Waals surface area (Å²) in [6.45, 7) is 0. The molecule has 0 spiro atoms. The third-order valence-electron chi connectivity index (χ3n) is 11.1. The van der Waals surface area contributed by atoms with E-state index in [4.69, 9.17) is 4.42 Å². The average Bonchev–Trinajstić information content (AvgIpc) is 3.86. The first-order chi connectivity index (χ1) is 28.2. The van der Waals surface area contributed by atoms with Crippen LogP contribution in [0.1, 0.15) is 0 Å². The van der Waals surface area contributed by atoms with E-state index < -0.39 is 0 Å². The van der Waals surface area contributed by atoms with Gasteiger partial charge in [-0.05, 0) is 93.5 Å². The first-order valence-corrected chi connectivity index (χ1v) is 20.1. The Bertz CT molecular complexity index is 3210. The summed E-state index contributed by atoms with van der Waals surface area (Å²) < 4.78 is 9.60. The maximum Gasteiger partial charge on any atom is 0.159 e. The Labute approximate surface area is 335 Å². The molecule has 3 heteroatoms. The molecule has 0 atom stereocenters. The van der Waals surface area contributed by atoms with E-state index in [2.05, 4.69) is 217 Å². The smallest absolute Gasteiger partial charge is 0.159 e. The van der Waals surface area contributed by atoms with Gasteiger partial charge >= 0.3 is 0 Å². The van der Waals surface area contributed by atoms with Gasteiger partial charge in [0.25, 0.3) is 0 Å². The van der Waals surface area contributed by atoms with Gasteiger partial charge in [0.1, 0.15) is 5.58 Å². The zero-order valence-electron chi connectivity index (χ0n) is 31.0. The summed E-state index contributed by atoms with van der Waals surface area (Å²) in [5.74, 6) is 0. The number of anilines is 3. The van der Waals surface area contributed by atoms with E-state index in [0.29, 0.717) is 0 Å². The fourth-order valence-corrected chi connectivity index (χ4v) is 9.36. The Morgan fingerprint density at radius 3 is 1.51 bits per heavy atom. The van der Waals surface area contributed by atoms with Crippen LogP contribution in [0.2, 0.25) is 0 Å². The Hall–Kier alpha value is -7.20. The van der Waals surface area contributed by atoms with Crippen molar-refractivity contribution in [1.29, 1.82) is 0 Å². The molecule has 0 aliphatic carbocycles. The van der Waals surface area contributed by atoms with Crippen molar-refractivity contribution in [1.82, 2.24) is 0 Å². The van der Waals surface area contributed by atoms with Crippen molar-refractivity contribution in [3.8, 4) is 44.5 Å². The quantitative estimate of drug-likeness (QED) is 0.162. The Morgan fingerprint density at radius 2 is 0.807 bits per heavy atom. The number of para-hydroxylation sites is 2. The van der Waals surface area contributed by atoms with Crippen molar-refractivity contribution in [3.05, 3.63) is 212 Å². The highest BCUT2D eigenvalue weighted by molar-refractivity contribution is 7.25. The van der Waals surface area contributed by atoms with E-state index >= 15 is 0 Å². The van der Waals surface area contributed by atoms with E-state index in [9.17, 15) is 0 Å². The van der Waals surface area contributed by atoms with Gasteiger partial charge in [-0.25, -0.2) is 0 Å².